The molecule has 1 saturated heterocycles. The highest BCUT2D eigenvalue weighted by atomic mass is 35.5. The number of halogens is 1. The smallest absolute Gasteiger partial charge is 0.285 e. The van der Waals surface area contributed by atoms with Crippen molar-refractivity contribution in [1.82, 2.24) is 20.0 Å². The van der Waals surface area contributed by atoms with Crippen LogP contribution in [-0.2, 0) is 0 Å². The van der Waals surface area contributed by atoms with E-state index in [-0.39, 0.29) is 10.6 Å². The monoisotopic (exact) mass is 279 g/mol. The van der Waals surface area contributed by atoms with E-state index in [9.17, 15) is 4.79 Å². The van der Waals surface area contributed by atoms with Gasteiger partial charge in [-0.3, -0.25) is 9.48 Å². The Kier molecular flexibility index (Phi) is 3.25. The molecule has 0 aromatic carbocycles. The first-order valence-corrected chi connectivity index (χ1v) is 6.61. The number of H-pyrrole nitrogens is 1. The Bertz CT molecular complexity index is 601. The normalized spacial score (nSPS) is 16.8. The van der Waals surface area contributed by atoms with Crippen LogP contribution in [0.2, 0.25) is 5.02 Å². The van der Waals surface area contributed by atoms with Crippen LogP contribution in [0.15, 0.2) is 29.5 Å². The molecule has 0 atom stereocenters. The van der Waals surface area contributed by atoms with Crippen molar-refractivity contribution < 1.29 is 0 Å². The number of aromatic amines is 1. The van der Waals surface area contributed by atoms with Crippen LogP contribution in [0.3, 0.4) is 0 Å². The SMILES string of the molecule is O=c1[nH]ncc(N2CCC(n3cccn3)CC2)c1Cl. The molecule has 1 fully saturated rings. The van der Waals surface area contributed by atoms with Crippen LogP contribution >= 0.6 is 11.6 Å². The maximum atomic E-state index is 11.4. The van der Waals surface area contributed by atoms with E-state index in [0.717, 1.165) is 25.9 Å². The van der Waals surface area contributed by atoms with Crippen molar-refractivity contribution in [3.05, 3.63) is 40.0 Å². The molecule has 0 aliphatic carbocycles. The number of aromatic nitrogens is 4. The molecule has 0 amide bonds. The van der Waals surface area contributed by atoms with Crippen LogP contribution in [0, 0.1) is 0 Å². The predicted molar refractivity (Wildman–Crippen MR) is 72.6 cm³/mol. The van der Waals surface area contributed by atoms with Crippen molar-refractivity contribution in [3.8, 4) is 0 Å². The maximum Gasteiger partial charge on any atom is 0.285 e. The van der Waals surface area contributed by atoms with Crippen molar-refractivity contribution in [2.75, 3.05) is 18.0 Å². The summed E-state index contributed by atoms with van der Waals surface area (Å²) in [7, 11) is 0. The van der Waals surface area contributed by atoms with Crippen LogP contribution in [0.4, 0.5) is 5.69 Å². The van der Waals surface area contributed by atoms with Gasteiger partial charge in [0.15, 0.2) is 0 Å². The molecule has 1 aliphatic heterocycles. The Balaban J connectivity index is 1.73. The summed E-state index contributed by atoms with van der Waals surface area (Å²) in [6.45, 7) is 1.69. The van der Waals surface area contributed by atoms with Gasteiger partial charge in [-0.1, -0.05) is 11.6 Å². The fourth-order valence-electron chi connectivity index (χ4n) is 2.46. The second-order valence-corrected chi connectivity index (χ2v) is 4.98. The highest BCUT2D eigenvalue weighted by molar-refractivity contribution is 6.32. The first-order valence-electron chi connectivity index (χ1n) is 6.23. The fourth-order valence-corrected chi connectivity index (χ4v) is 2.67. The van der Waals surface area contributed by atoms with Gasteiger partial charge in [0.2, 0.25) is 0 Å². The molecule has 1 aliphatic rings. The molecule has 1 N–H and O–H groups in total. The number of anilines is 1. The molecule has 2 aromatic rings. The Morgan fingerprint density at radius 1 is 1.37 bits per heavy atom. The number of rotatable bonds is 2. The first-order chi connectivity index (χ1) is 9.25. The molecule has 0 saturated carbocycles. The largest absolute Gasteiger partial charge is 0.369 e. The maximum absolute atomic E-state index is 11.4. The minimum Gasteiger partial charge on any atom is -0.369 e. The van der Waals surface area contributed by atoms with E-state index in [4.69, 9.17) is 11.6 Å². The number of piperidine rings is 1. The Morgan fingerprint density at radius 3 is 2.84 bits per heavy atom. The molecule has 0 spiro atoms. The van der Waals surface area contributed by atoms with Gasteiger partial charge in [0.1, 0.15) is 5.02 Å². The van der Waals surface area contributed by atoms with Gasteiger partial charge in [0, 0.05) is 25.5 Å². The van der Waals surface area contributed by atoms with E-state index < -0.39 is 0 Å². The van der Waals surface area contributed by atoms with Gasteiger partial charge in [0.25, 0.3) is 5.56 Å². The highest BCUT2D eigenvalue weighted by Gasteiger charge is 2.23. The number of hydrogen-bond acceptors (Lipinski definition) is 4. The van der Waals surface area contributed by atoms with Crippen molar-refractivity contribution in [1.29, 1.82) is 0 Å². The van der Waals surface area contributed by atoms with Gasteiger partial charge >= 0.3 is 0 Å². The second kappa shape index (κ2) is 5.05. The van der Waals surface area contributed by atoms with E-state index in [1.54, 1.807) is 12.4 Å². The zero-order valence-corrected chi connectivity index (χ0v) is 11.0. The van der Waals surface area contributed by atoms with Gasteiger partial charge in [-0.25, -0.2) is 5.10 Å². The fraction of sp³-hybridized carbons (Fsp3) is 0.417. The van der Waals surface area contributed by atoms with E-state index in [2.05, 4.69) is 20.2 Å². The van der Waals surface area contributed by atoms with Crippen LogP contribution in [0.1, 0.15) is 18.9 Å². The summed E-state index contributed by atoms with van der Waals surface area (Å²) in [6.07, 6.45) is 7.35. The van der Waals surface area contributed by atoms with Gasteiger partial charge in [-0.15, -0.1) is 0 Å². The van der Waals surface area contributed by atoms with Crippen LogP contribution < -0.4 is 10.5 Å². The number of nitrogens with zero attached hydrogens (tertiary/aromatic N) is 4. The summed E-state index contributed by atoms with van der Waals surface area (Å²) >= 11 is 6.02. The van der Waals surface area contributed by atoms with E-state index >= 15 is 0 Å². The van der Waals surface area contributed by atoms with Crippen LogP contribution in [0.25, 0.3) is 0 Å². The van der Waals surface area contributed by atoms with Crippen molar-refractivity contribution in [3.63, 3.8) is 0 Å². The minimum absolute atomic E-state index is 0.215. The van der Waals surface area contributed by atoms with E-state index in [0.29, 0.717) is 11.7 Å². The van der Waals surface area contributed by atoms with Crippen molar-refractivity contribution in [2.45, 2.75) is 18.9 Å². The Morgan fingerprint density at radius 2 is 2.16 bits per heavy atom. The molecule has 0 unspecified atom stereocenters. The molecule has 0 radical (unpaired) electrons. The molecule has 3 rings (SSSR count). The Labute approximate surface area is 115 Å². The van der Waals surface area contributed by atoms with Crippen molar-refractivity contribution >= 4 is 17.3 Å². The van der Waals surface area contributed by atoms with Crippen molar-refractivity contribution in [2.24, 2.45) is 0 Å². The molecular weight excluding hydrogens is 266 g/mol. The first kappa shape index (κ1) is 12.2. The van der Waals surface area contributed by atoms with Crippen LogP contribution in [-0.4, -0.2) is 33.1 Å². The van der Waals surface area contributed by atoms with Gasteiger partial charge in [0.05, 0.1) is 17.9 Å². The molecule has 19 heavy (non-hydrogen) atoms. The minimum atomic E-state index is -0.339. The lowest BCUT2D eigenvalue weighted by molar-refractivity contribution is 0.367. The average molecular weight is 280 g/mol. The third-order valence-corrected chi connectivity index (χ3v) is 3.85. The Hall–Kier alpha value is -1.82. The van der Waals surface area contributed by atoms with E-state index in [1.165, 1.54) is 0 Å². The standard InChI is InChI=1S/C12H14ClN5O/c13-11-10(8-14-16-12(11)19)17-6-2-9(3-7-17)18-5-1-4-15-18/h1,4-5,8-9H,2-3,6-7H2,(H,16,19). The number of nitrogens with one attached hydrogen (secondary N) is 1. The summed E-state index contributed by atoms with van der Waals surface area (Å²) in [5, 5.41) is 10.6. The average Bonchev–Trinajstić information content (AvgIpc) is 2.96. The lowest BCUT2D eigenvalue weighted by Crippen LogP contribution is -2.35. The molecule has 6 nitrogen and oxygen atoms in total. The topological polar surface area (TPSA) is 66.8 Å². The summed E-state index contributed by atoms with van der Waals surface area (Å²) in [5.41, 5.74) is 0.373. The number of hydrogen-bond donors (Lipinski definition) is 1. The van der Waals surface area contributed by atoms with E-state index in [1.807, 2.05) is 16.9 Å². The molecule has 0 bridgehead atoms. The third-order valence-electron chi connectivity index (χ3n) is 3.48. The van der Waals surface area contributed by atoms with Gasteiger partial charge < -0.3 is 4.90 Å². The lowest BCUT2D eigenvalue weighted by atomic mass is 10.1. The molecule has 100 valence electrons. The zero-order chi connectivity index (χ0) is 13.2. The quantitative estimate of drug-likeness (QED) is 0.904. The van der Waals surface area contributed by atoms with Crippen LogP contribution in [0.5, 0.6) is 0 Å². The predicted octanol–water partition coefficient (Wildman–Crippen LogP) is 1.46. The summed E-state index contributed by atoms with van der Waals surface area (Å²) < 4.78 is 2.00. The lowest BCUT2D eigenvalue weighted by Gasteiger charge is -2.33. The molecule has 7 heteroatoms. The highest BCUT2D eigenvalue weighted by Crippen LogP contribution is 2.28. The zero-order valence-electron chi connectivity index (χ0n) is 10.3. The molecule has 3 heterocycles. The van der Waals surface area contributed by atoms with Gasteiger partial charge in [-0.2, -0.15) is 10.2 Å². The molecule has 2 aromatic heterocycles. The third kappa shape index (κ3) is 2.35. The molecular formula is C12H14ClN5O. The van der Waals surface area contributed by atoms with Gasteiger partial charge in [-0.05, 0) is 18.9 Å². The summed E-state index contributed by atoms with van der Waals surface area (Å²) in [6, 6.07) is 2.35. The summed E-state index contributed by atoms with van der Waals surface area (Å²) in [5.74, 6) is 0. The summed E-state index contributed by atoms with van der Waals surface area (Å²) in [4.78, 5) is 13.5. The second-order valence-electron chi connectivity index (χ2n) is 4.60.